The van der Waals surface area contributed by atoms with Gasteiger partial charge >= 0.3 is 0 Å². The molecular weight excluding hydrogens is 272 g/mol. The average molecular weight is 287 g/mol. The van der Waals surface area contributed by atoms with Crippen molar-refractivity contribution in [2.75, 3.05) is 6.61 Å². The molecule has 1 unspecified atom stereocenters. The number of halogens is 1. The Balaban J connectivity index is 2.80. The first-order valence-corrected chi connectivity index (χ1v) is 5.86. The predicted octanol–water partition coefficient (Wildman–Crippen LogP) is 1.73. The number of nitrogens with zero attached hydrogens (tertiary/aromatic N) is 1. The van der Waals surface area contributed by atoms with Crippen LogP contribution in [-0.2, 0) is 0 Å². The lowest BCUT2D eigenvalue weighted by Gasteiger charge is -2.26. The van der Waals surface area contributed by atoms with Gasteiger partial charge in [0.15, 0.2) is 0 Å². The fourth-order valence-corrected chi connectivity index (χ4v) is 1.46. The number of nitrogens with one attached hydrogen (secondary N) is 1. The van der Waals surface area contributed by atoms with Crippen LogP contribution in [-0.4, -0.2) is 28.1 Å². The minimum atomic E-state index is -0.596. The first-order chi connectivity index (χ1) is 7.50. The van der Waals surface area contributed by atoms with Crippen LogP contribution < -0.4 is 5.32 Å². The molecule has 0 aromatic carbocycles. The van der Waals surface area contributed by atoms with Gasteiger partial charge in [-0.15, -0.1) is 0 Å². The third-order valence-electron chi connectivity index (χ3n) is 2.49. The maximum absolute atomic E-state index is 11.8. The first-order valence-electron chi connectivity index (χ1n) is 5.06. The number of aromatic nitrogens is 1. The number of amides is 1. The van der Waals surface area contributed by atoms with E-state index >= 15 is 0 Å². The predicted molar refractivity (Wildman–Crippen MR) is 65.2 cm³/mol. The van der Waals surface area contributed by atoms with Crippen molar-refractivity contribution < 1.29 is 9.90 Å². The fourth-order valence-electron chi connectivity index (χ4n) is 1.11. The molecule has 0 bridgehead atoms. The van der Waals surface area contributed by atoms with E-state index in [1.54, 1.807) is 25.1 Å². The Kier molecular flexibility index (Phi) is 4.44. The van der Waals surface area contributed by atoms with Crippen molar-refractivity contribution in [1.29, 1.82) is 0 Å². The molecule has 1 aromatic heterocycles. The van der Waals surface area contributed by atoms with Crippen LogP contribution in [0.2, 0.25) is 0 Å². The maximum Gasteiger partial charge on any atom is 0.270 e. The van der Waals surface area contributed by atoms with Crippen molar-refractivity contribution in [2.45, 2.75) is 25.8 Å². The molecule has 1 aromatic rings. The molecule has 4 nitrogen and oxygen atoms in total. The molecule has 5 heteroatoms. The van der Waals surface area contributed by atoms with E-state index in [2.05, 4.69) is 26.2 Å². The van der Waals surface area contributed by atoms with E-state index in [1.807, 2.05) is 6.92 Å². The summed E-state index contributed by atoms with van der Waals surface area (Å²) in [7, 11) is 0. The monoisotopic (exact) mass is 286 g/mol. The zero-order valence-electron chi connectivity index (χ0n) is 9.33. The summed E-state index contributed by atoms with van der Waals surface area (Å²) >= 11 is 3.20. The molecule has 0 aliphatic heterocycles. The van der Waals surface area contributed by atoms with E-state index in [0.29, 0.717) is 16.7 Å². The summed E-state index contributed by atoms with van der Waals surface area (Å²) in [5.74, 6) is -0.278. The van der Waals surface area contributed by atoms with Crippen LogP contribution in [0.1, 0.15) is 30.8 Å². The van der Waals surface area contributed by atoms with E-state index in [0.717, 1.165) is 0 Å². The third kappa shape index (κ3) is 3.28. The van der Waals surface area contributed by atoms with Crippen LogP contribution in [0.4, 0.5) is 0 Å². The highest BCUT2D eigenvalue weighted by Crippen LogP contribution is 2.11. The van der Waals surface area contributed by atoms with Gasteiger partial charge in [-0.2, -0.15) is 0 Å². The van der Waals surface area contributed by atoms with Crippen LogP contribution in [0.15, 0.2) is 22.8 Å². The Hall–Kier alpha value is -0.940. The van der Waals surface area contributed by atoms with Gasteiger partial charge in [-0.25, -0.2) is 4.98 Å². The molecule has 1 heterocycles. The Morgan fingerprint density at radius 1 is 1.62 bits per heavy atom. The van der Waals surface area contributed by atoms with Crippen molar-refractivity contribution in [3.05, 3.63) is 28.5 Å². The standard InChI is InChI=1S/C11H15BrN2O2/c1-3-11(2,7-15)14-10(16)8-5-4-6-9(12)13-8/h4-6,15H,3,7H2,1-2H3,(H,14,16). The van der Waals surface area contributed by atoms with E-state index in [-0.39, 0.29) is 12.5 Å². The number of pyridine rings is 1. The highest BCUT2D eigenvalue weighted by Gasteiger charge is 2.24. The molecule has 2 N–H and O–H groups in total. The van der Waals surface area contributed by atoms with Crippen LogP contribution in [0.3, 0.4) is 0 Å². The second kappa shape index (κ2) is 5.41. The summed E-state index contributed by atoms with van der Waals surface area (Å²) in [4.78, 5) is 15.9. The number of carbonyl (C=O) groups excluding carboxylic acids is 1. The van der Waals surface area contributed by atoms with Gasteiger partial charge in [0.05, 0.1) is 12.1 Å². The van der Waals surface area contributed by atoms with Crippen molar-refractivity contribution in [2.24, 2.45) is 0 Å². The second-order valence-corrected chi connectivity index (χ2v) is 4.68. The Morgan fingerprint density at radius 3 is 2.81 bits per heavy atom. The van der Waals surface area contributed by atoms with Crippen LogP contribution in [0.5, 0.6) is 0 Å². The second-order valence-electron chi connectivity index (χ2n) is 3.87. The van der Waals surface area contributed by atoms with Crippen molar-refractivity contribution in [1.82, 2.24) is 10.3 Å². The Morgan fingerprint density at radius 2 is 2.31 bits per heavy atom. The number of hydrogen-bond donors (Lipinski definition) is 2. The third-order valence-corrected chi connectivity index (χ3v) is 2.93. The summed E-state index contributed by atoms with van der Waals surface area (Å²) in [6.07, 6.45) is 0.656. The minimum absolute atomic E-state index is 0.0940. The van der Waals surface area contributed by atoms with Crippen molar-refractivity contribution in [3.63, 3.8) is 0 Å². The lowest BCUT2D eigenvalue weighted by atomic mass is 10.00. The van der Waals surface area contributed by atoms with Crippen LogP contribution in [0, 0.1) is 0 Å². The molecule has 0 fully saturated rings. The largest absolute Gasteiger partial charge is 0.394 e. The zero-order valence-corrected chi connectivity index (χ0v) is 10.9. The molecule has 0 radical (unpaired) electrons. The summed E-state index contributed by atoms with van der Waals surface area (Å²) in [5.41, 5.74) is -0.261. The topological polar surface area (TPSA) is 62.2 Å². The number of hydrogen-bond acceptors (Lipinski definition) is 3. The summed E-state index contributed by atoms with van der Waals surface area (Å²) < 4.78 is 0.613. The number of carbonyl (C=O) groups is 1. The van der Waals surface area contributed by atoms with Gasteiger partial charge in [0.1, 0.15) is 10.3 Å². The van der Waals surface area contributed by atoms with E-state index in [9.17, 15) is 9.90 Å². The smallest absolute Gasteiger partial charge is 0.270 e. The lowest BCUT2D eigenvalue weighted by Crippen LogP contribution is -2.48. The van der Waals surface area contributed by atoms with E-state index < -0.39 is 5.54 Å². The van der Waals surface area contributed by atoms with E-state index in [4.69, 9.17) is 0 Å². The maximum atomic E-state index is 11.8. The van der Waals surface area contributed by atoms with Gasteiger partial charge < -0.3 is 10.4 Å². The van der Waals surface area contributed by atoms with Gasteiger partial charge in [0.25, 0.3) is 5.91 Å². The molecule has 1 amide bonds. The molecule has 0 spiro atoms. The SMILES string of the molecule is CCC(C)(CO)NC(=O)c1cccc(Br)n1. The lowest BCUT2D eigenvalue weighted by molar-refractivity contribution is 0.0842. The van der Waals surface area contributed by atoms with Crippen molar-refractivity contribution >= 4 is 21.8 Å². The van der Waals surface area contributed by atoms with Crippen LogP contribution in [0.25, 0.3) is 0 Å². The summed E-state index contributed by atoms with van der Waals surface area (Å²) in [5, 5.41) is 12.0. The van der Waals surface area contributed by atoms with Gasteiger partial charge in [0, 0.05) is 0 Å². The van der Waals surface area contributed by atoms with Gasteiger partial charge in [0.2, 0.25) is 0 Å². The summed E-state index contributed by atoms with van der Waals surface area (Å²) in [6, 6.07) is 5.13. The first kappa shape index (κ1) is 13.1. The molecule has 16 heavy (non-hydrogen) atoms. The number of aliphatic hydroxyl groups excluding tert-OH is 1. The zero-order chi connectivity index (χ0) is 12.2. The summed E-state index contributed by atoms with van der Waals surface area (Å²) in [6.45, 7) is 3.61. The normalized spacial score (nSPS) is 14.2. The molecule has 1 atom stereocenters. The highest BCUT2D eigenvalue weighted by molar-refractivity contribution is 9.10. The van der Waals surface area contributed by atoms with Gasteiger partial charge in [-0.3, -0.25) is 4.79 Å². The van der Waals surface area contributed by atoms with Gasteiger partial charge in [-0.1, -0.05) is 13.0 Å². The fraction of sp³-hybridized carbons (Fsp3) is 0.455. The van der Waals surface area contributed by atoms with Crippen LogP contribution >= 0.6 is 15.9 Å². The van der Waals surface area contributed by atoms with Crippen molar-refractivity contribution in [3.8, 4) is 0 Å². The minimum Gasteiger partial charge on any atom is -0.394 e. The molecule has 88 valence electrons. The number of rotatable bonds is 4. The number of aliphatic hydroxyl groups is 1. The Bertz CT molecular complexity index is 378. The molecule has 1 rings (SSSR count). The molecular formula is C11H15BrN2O2. The average Bonchev–Trinajstić information content (AvgIpc) is 2.29. The highest BCUT2D eigenvalue weighted by atomic mass is 79.9. The molecule has 0 saturated heterocycles. The molecule has 0 aliphatic carbocycles. The molecule has 0 aliphatic rings. The molecule has 0 saturated carbocycles. The Labute approximate surface area is 103 Å². The van der Waals surface area contributed by atoms with E-state index in [1.165, 1.54) is 0 Å². The van der Waals surface area contributed by atoms with Gasteiger partial charge in [-0.05, 0) is 41.4 Å². The quantitative estimate of drug-likeness (QED) is 0.829.